The van der Waals surface area contributed by atoms with Gasteiger partial charge in [-0.2, -0.15) is 14.6 Å². The molecule has 4 N–H and O–H groups in total. The molecule has 0 heterocycles. The van der Waals surface area contributed by atoms with E-state index in [0.717, 1.165) is 36.4 Å². The second-order valence-corrected chi connectivity index (χ2v) is 20.2. The number of hydrogen-bond donors (Lipinski definition) is 3. The molecule has 0 saturated carbocycles. The molecule has 0 saturated heterocycles. The van der Waals surface area contributed by atoms with Gasteiger partial charge in [0.1, 0.15) is 21.5 Å². The zero-order valence-corrected chi connectivity index (χ0v) is 48.8. The van der Waals surface area contributed by atoms with Gasteiger partial charge in [-0.1, -0.05) is 13.5 Å². The van der Waals surface area contributed by atoms with Crippen molar-refractivity contribution in [2.24, 2.45) is 20.5 Å². The maximum absolute atomic E-state index is 13.0. The molecule has 0 unspecified atom stereocenters. The third-order valence-corrected chi connectivity index (χ3v) is 13.8. The van der Waals surface area contributed by atoms with Crippen molar-refractivity contribution in [1.82, 2.24) is 0 Å². The van der Waals surface area contributed by atoms with Crippen molar-refractivity contribution in [2.45, 2.75) is 27.0 Å². The minimum absolute atomic E-state index is 0. The van der Waals surface area contributed by atoms with E-state index in [4.69, 9.17) is 9.92 Å². The van der Waals surface area contributed by atoms with Crippen LogP contribution in [0.3, 0.4) is 0 Å². The monoisotopic (exact) mass is 1130 g/mol. The fourth-order valence-corrected chi connectivity index (χ4v) is 9.37. The zero-order chi connectivity index (χ0) is 47.6. The van der Waals surface area contributed by atoms with Crippen molar-refractivity contribution in [3.8, 4) is 5.75 Å². The molecule has 0 aliphatic rings. The molecule has 1 amide bonds. The summed E-state index contributed by atoms with van der Waals surface area (Å²) in [7, 11) is -18.5. The van der Waals surface area contributed by atoms with Gasteiger partial charge in [0.15, 0.2) is 37.7 Å². The van der Waals surface area contributed by atoms with Crippen molar-refractivity contribution in [1.29, 1.82) is 0 Å². The third-order valence-electron chi connectivity index (χ3n) is 8.16. The summed E-state index contributed by atoms with van der Waals surface area (Å²) >= 11 is 0.321. The number of phenols is 1. The molecule has 26 nitrogen and oxygen atoms in total. The molecule has 5 rings (SSSR count). The van der Waals surface area contributed by atoms with Crippen molar-refractivity contribution in [3.05, 3.63) is 90.5 Å². The Labute approximate surface area is 496 Å². The summed E-state index contributed by atoms with van der Waals surface area (Å²) in [4.78, 5) is 11.3. The summed E-state index contributed by atoms with van der Waals surface area (Å²) < 4.78 is 137. The molecule has 36 heteroatoms. The quantitative estimate of drug-likeness (QED) is 0.00667. The number of hydrogen-bond acceptors (Lipinski definition) is 27. The van der Waals surface area contributed by atoms with Crippen LogP contribution in [0.2, 0.25) is 0 Å². The Morgan fingerprint density at radius 3 is 1.83 bits per heavy atom. The van der Waals surface area contributed by atoms with E-state index in [9.17, 15) is 63.2 Å². The molecule has 70 heavy (non-hydrogen) atoms. The van der Waals surface area contributed by atoms with Gasteiger partial charge < -0.3 is 35.8 Å². The van der Waals surface area contributed by atoms with Crippen LogP contribution in [0.25, 0.3) is 10.8 Å². The van der Waals surface area contributed by atoms with E-state index < -0.39 is 91.9 Å². The summed E-state index contributed by atoms with van der Waals surface area (Å²) in [5.74, 6) is -2.87. The Morgan fingerprint density at radius 1 is 0.700 bits per heavy atom. The van der Waals surface area contributed by atoms with Gasteiger partial charge in [-0.3, -0.25) is 23.2 Å². The Kier molecular flexibility index (Phi) is 30.4. The summed E-state index contributed by atoms with van der Waals surface area (Å²) in [6.07, 6.45) is 0. The van der Waals surface area contributed by atoms with E-state index in [-0.39, 0.29) is 205 Å². The number of azo groups is 2. The number of nitrogen functional groups attached to an aromatic ring is 1. The summed E-state index contributed by atoms with van der Waals surface area (Å²) in [5, 5.41) is 56.0. The van der Waals surface area contributed by atoms with Gasteiger partial charge in [-0.05, 0) is 84.2 Å². The van der Waals surface area contributed by atoms with Gasteiger partial charge in [0.25, 0.3) is 5.91 Å². The summed E-state index contributed by atoms with van der Waals surface area (Å²) in [6, 6.07) is 16.7. The largest absolute Gasteiger partial charge is 1.00 e. The number of nitrogens with one attached hydrogen (secondary N) is 1. The number of anilines is 2. The van der Waals surface area contributed by atoms with Crippen LogP contribution >= 0.6 is 24.4 Å². The molecule has 0 aliphatic carbocycles. The normalized spacial score (nSPS) is 11.8. The predicted molar refractivity (Wildman–Crippen MR) is 224 cm³/mol. The Bertz CT molecular complexity index is 3090. The SMILES string of the molecule is C.Nc1c(N=Nc2ccc(C(=O)Nc3cccc(S(=O)(=O)CCOSOO[O-])c3)cc2)c(S(=O)(=O)[O-])cc2cc(SOO[O-])c(N=Nc3ccc(S(=O)(=O)CCOS(=O)(=O)[O-])cc3)c(O)c12.[Na+].[Na+].[Na+].[Na+]. The van der Waals surface area contributed by atoms with E-state index in [1.54, 1.807) is 0 Å². The number of fused-ring (bicyclic) bond motifs is 1. The predicted octanol–water partition coefficient (Wildman–Crippen LogP) is -8.18. The molecule has 0 atom stereocenters. The second-order valence-electron chi connectivity index (χ2n) is 12.3. The van der Waals surface area contributed by atoms with E-state index in [1.807, 2.05) is 0 Å². The van der Waals surface area contributed by atoms with E-state index >= 15 is 0 Å². The van der Waals surface area contributed by atoms with Crippen LogP contribution in [0.4, 0.5) is 34.1 Å². The van der Waals surface area contributed by atoms with Gasteiger partial charge in [-0.25, -0.2) is 33.7 Å². The van der Waals surface area contributed by atoms with Crippen LogP contribution in [0.15, 0.2) is 125 Å². The molecule has 0 aromatic heterocycles. The summed E-state index contributed by atoms with van der Waals surface area (Å²) in [5.41, 5.74) is 4.62. The minimum Gasteiger partial charge on any atom is -0.744 e. The molecule has 0 spiro atoms. The molecule has 0 radical (unpaired) electrons. The van der Waals surface area contributed by atoms with Crippen LogP contribution in [-0.4, -0.2) is 78.5 Å². The Morgan fingerprint density at radius 2 is 1.26 bits per heavy atom. The zero-order valence-electron chi connectivity index (χ0n) is 35.9. The van der Waals surface area contributed by atoms with Crippen molar-refractivity contribution in [3.63, 3.8) is 0 Å². The van der Waals surface area contributed by atoms with Crippen molar-refractivity contribution < 1.29 is 209 Å². The topological polar surface area (TPSA) is 409 Å². The Balaban J connectivity index is 0.00000952. The molecule has 0 fully saturated rings. The first-order chi connectivity index (χ1) is 30.6. The Hall–Kier alpha value is -1.27. The van der Waals surface area contributed by atoms with E-state index in [1.165, 1.54) is 48.5 Å². The number of carbonyl (C=O) groups is 1. The summed E-state index contributed by atoms with van der Waals surface area (Å²) in [6.45, 7) is -1.30. The average molecular weight is 1130 g/mol. The first kappa shape index (κ1) is 68.7. The molecule has 5 aromatic carbocycles. The number of nitrogens with two attached hydrogens (primary N) is 1. The maximum atomic E-state index is 13.0. The number of sulfone groups is 2. The molecule has 0 bridgehead atoms. The number of aromatic hydroxyl groups is 1. The van der Waals surface area contributed by atoms with Crippen LogP contribution in [-0.2, 0) is 67.3 Å². The van der Waals surface area contributed by atoms with Gasteiger partial charge in [-0.15, -0.1) is 14.6 Å². The minimum atomic E-state index is -5.37. The van der Waals surface area contributed by atoms with Crippen LogP contribution in [0.5, 0.6) is 5.75 Å². The van der Waals surface area contributed by atoms with Gasteiger partial charge in [0.2, 0.25) is 10.4 Å². The van der Waals surface area contributed by atoms with E-state index in [0.29, 0.717) is 0 Å². The molecular formula is C34H30N6Na4O20S6. The number of rotatable bonds is 22. The van der Waals surface area contributed by atoms with Gasteiger partial charge >= 0.3 is 118 Å². The number of benzene rings is 5. The van der Waals surface area contributed by atoms with Crippen molar-refractivity contribution >= 4 is 115 Å². The first-order valence-corrected chi connectivity index (χ1v) is 24.6. The molecular weight excluding hydrogens is 1100 g/mol. The smallest absolute Gasteiger partial charge is 0.744 e. The second kappa shape index (κ2) is 30.9. The number of phenolic OH excluding ortho intramolecular Hbond substituents is 1. The number of amides is 1. The first-order valence-electron chi connectivity index (χ1n) is 17.1. The standard InChI is InChI=1S/C33H30N6O20S6.CH4.4Na/c34-29-28-20(16-26(60-58-56-42)30(32(28)40)38-36-22-8-10-24(11-9-22)62(44,45)15-13-55-65(51,52)53)17-27(64(48,49)50)31(29)39-37-21-6-4-19(5-7-21)33(41)35-23-2-1-3-25(18-23)63(46,47)14-12-54-61-59-57-43;;;;;/h1-11,16-18,40,42-43H,12-15,34H2,(H,35,41)(H,48,49,50)(H,51,52,53);1H4;;;;/q;;4*+1/p-4. The van der Waals surface area contributed by atoms with Crippen LogP contribution < -0.4 is 140 Å². The fraction of sp³-hybridized carbons (Fsp3) is 0.147. The number of nitrogens with zero attached hydrogens (tertiary/aromatic N) is 4. The van der Waals surface area contributed by atoms with Gasteiger partial charge in [0.05, 0.1) is 78.8 Å². The van der Waals surface area contributed by atoms with Crippen molar-refractivity contribution in [2.75, 3.05) is 35.8 Å². The molecule has 0 aliphatic heterocycles. The van der Waals surface area contributed by atoms with Gasteiger partial charge in [0, 0.05) is 11.3 Å². The van der Waals surface area contributed by atoms with Crippen LogP contribution in [0.1, 0.15) is 17.8 Å². The van der Waals surface area contributed by atoms with E-state index in [2.05, 4.69) is 48.7 Å². The third kappa shape index (κ3) is 19.8. The molecule has 356 valence electrons. The van der Waals surface area contributed by atoms with Crippen LogP contribution in [0, 0.1) is 0 Å². The number of carbonyl (C=O) groups excluding carboxylic acids is 1. The average Bonchev–Trinajstić information content (AvgIpc) is 3.24. The molecule has 5 aromatic rings. The fourth-order valence-electron chi connectivity index (χ4n) is 5.29. The maximum Gasteiger partial charge on any atom is 1.00 e.